The van der Waals surface area contributed by atoms with Crippen molar-refractivity contribution < 1.29 is 4.74 Å². The highest BCUT2D eigenvalue weighted by Crippen LogP contribution is 2.37. The standard InChI is InChI=1S/C17H29NOS/c1-17(2,10-11-19-3)13-18-16(14-7-4-5-8-14)15-9-6-12-20-15/h6,9,12,14,16,18H,4-5,7-8,10-11,13H2,1-3H3. The average molecular weight is 295 g/mol. The molecule has 1 aromatic heterocycles. The van der Waals surface area contributed by atoms with Gasteiger partial charge < -0.3 is 10.1 Å². The molecular weight excluding hydrogens is 266 g/mol. The quantitative estimate of drug-likeness (QED) is 0.755. The Morgan fingerprint density at radius 3 is 2.75 bits per heavy atom. The fraction of sp³-hybridized carbons (Fsp3) is 0.765. The van der Waals surface area contributed by atoms with Crippen LogP contribution in [-0.4, -0.2) is 20.3 Å². The Bertz CT molecular complexity index is 368. The molecule has 114 valence electrons. The second-order valence-corrected chi connectivity index (χ2v) is 7.80. The zero-order chi connectivity index (χ0) is 14.4. The fourth-order valence-electron chi connectivity index (χ4n) is 3.11. The van der Waals surface area contributed by atoms with Gasteiger partial charge in [0.15, 0.2) is 0 Å². The zero-order valence-electron chi connectivity index (χ0n) is 13.2. The first kappa shape index (κ1) is 16.0. The topological polar surface area (TPSA) is 21.3 Å². The van der Waals surface area contributed by atoms with Crippen molar-refractivity contribution in [2.75, 3.05) is 20.3 Å². The maximum absolute atomic E-state index is 5.23. The lowest BCUT2D eigenvalue weighted by atomic mass is 9.88. The molecule has 1 fully saturated rings. The van der Waals surface area contributed by atoms with E-state index in [0.717, 1.165) is 25.5 Å². The van der Waals surface area contributed by atoms with Gasteiger partial charge in [-0.2, -0.15) is 0 Å². The third kappa shape index (κ3) is 4.57. The molecular formula is C17H29NOS. The van der Waals surface area contributed by atoms with Crippen LogP contribution in [0.1, 0.15) is 56.9 Å². The first-order chi connectivity index (χ1) is 9.62. The molecule has 1 atom stereocenters. The second-order valence-electron chi connectivity index (χ2n) is 6.83. The molecule has 1 saturated carbocycles. The summed E-state index contributed by atoms with van der Waals surface area (Å²) in [6.45, 7) is 6.58. The van der Waals surface area contributed by atoms with Crippen LogP contribution in [0.15, 0.2) is 17.5 Å². The van der Waals surface area contributed by atoms with E-state index in [1.807, 2.05) is 11.3 Å². The number of ether oxygens (including phenoxy) is 1. The molecule has 1 unspecified atom stereocenters. The van der Waals surface area contributed by atoms with Crippen molar-refractivity contribution in [2.45, 2.75) is 52.0 Å². The van der Waals surface area contributed by atoms with Gasteiger partial charge in [-0.15, -0.1) is 11.3 Å². The number of hydrogen-bond donors (Lipinski definition) is 1. The molecule has 20 heavy (non-hydrogen) atoms. The molecule has 0 spiro atoms. The van der Waals surface area contributed by atoms with E-state index in [0.29, 0.717) is 11.5 Å². The number of methoxy groups -OCH3 is 1. The molecule has 2 nitrogen and oxygen atoms in total. The largest absolute Gasteiger partial charge is 0.385 e. The molecule has 1 N–H and O–H groups in total. The Labute approximate surface area is 127 Å². The summed E-state index contributed by atoms with van der Waals surface area (Å²) in [6.07, 6.45) is 6.68. The third-order valence-corrected chi connectivity index (χ3v) is 5.46. The highest BCUT2D eigenvalue weighted by Gasteiger charge is 2.28. The van der Waals surface area contributed by atoms with Crippen LogP contribution >= 0.6 is 11.3 Å². The molecule has 2 rings (SSSR count). The van der Waals surface area contributed by atoms with Crippen LogP contribution in [0.3, 0.4) is 0 Å². The zero-order valence-corrected chi connectivity index (χ0v) is 14.0. The van der Waals surface area contributed by atoms with Crippen molar-refractivity contribution in [1.82, 2.24) is 5.32 Å². The molecule has 0 bridgehead atoms. The van der Waals surface area contributed by atoms with E-state index < -0.39 is 0 Å². The van der Waals surface area contributed by atoms with Gasteiger partial charge in [0.1, 0.15) is 0 Å². The molecule has 3 heteroatoms. The smallest absolute Gasteiger partial charge is 0.0467 e. The summed E-state index contributed by atoms with van der Waals surface area (Å²) in [5, 5.41) is 6.07. The summed E-state index contributed by atoms with van der Waals surface area (Å²) in [5.41, 5.74) is 0.296. The van der Waals surface area contributed by atoms with Crippen LogP contribution in [0.5, 0.6) is 0 Å². The van der Waals surface area contributed by atoms with E-state index in [2.05, 4.69) is 36.7 Å². The van der Waals surface area contributed by atoms with Gasteiger partial charge >= 0.3 is 0 Å². The Hall–Kier alpha value is -0.380. The van der Waals surface area contributed by atoms with Gasteiger partial charge in [-0.3, -0.25) is 0 Å². The maximum Gasteiger partial charge on any atom is 0.0467 e. The van der Waals surface area contributed by atoms with Gasteiger partial charge in [-0.25, -0.2) is 0 Å². The first-order valence-electron chi connectivity index (χ1n) is 7.88. The number of hydrogen-bond acceptors (Lipinski definition) is 3. The predicted molar refractivity (Wildman–Crippen MR) is 87.3 cm³/mol. The van der Waals surface area contributed by atoms with E-state index in [4.69, 9.17) is 4.74 Å². The Morgan fingerprint density at radius 1 is 1.40 bits per heavy atom. The Kier molecular flexibility index (Phi) is 6.06. The van der Waals surface area contributed by atoms with Crippen molar-refractivity contribution in [1.29, 1.82) is 0 Å². The van der Waals surface area contributed by atoms with E-state index in [1.165, 1.54) is 30.6 Å². The van der Waals surface area contributed by atoms with E-state index >= 15 is 0 Å². The molecule has 0 aliphatic heterocycles. The monoisotopic (exact) mass is 295 g/mol. The van der Waals surface area contributed by atoms with Gasteiger partial charge in [0.25, 0.3) is 0 Å². The van der Waals surface area contributed by atoms with Crippen LogP contribution in [-0.2, 0) is 4.74 Å². The van der Waals surface area contributed by atoms with Crippen molar-refractivity contribution in [3.63, 3.8) is 0 Å². The fourth-order valence-corrected chi connectivity index (χ4v) is 4.01. The highest BCUT2D eigenvalue weighted by molar-refractivity contribution is 7.10. The number of thiophene rings is 1. The van der Waals surface area contributed by atoms with Crippen molar-refractivity contribution >= 4 is 11.3 Å². The van der Waals surface area contributed by atoms with Crippen LogP contribution in [0, 0.1) is 11.3 Å². The maximum atomic E-state index is 5.23. The molecule has 1 aromatic rings. The normalized spacial score (nSPS) is 18.6. The molecule has 1 aliphatic rings. The van der Waals surface area contributed by atoms with Crippen molar-refractivity contribution in [2.24, 2.45) is 11.3 Å². The molecule has 1 heterocycles. The lowest BCUT2D eigenvalue weighted by Crippen LogP contribution is -2.35. The van der Waals surface area contributed by atoms with Crippen LogP contribution in [0.2, 0.25) is 0 Å². The summed E-state index contributed by atoms with van der Waals surface area (Å²) in [7, 11) is 1.79. The van der Waals surface area contributed by atoms with Gasteiger partial charge in [-0.05, 0) is 42.0 Å². The lowest BCUT2D eigenvalue weighted by molar-refractivity contribution is 0.146. The Morgan fingerprint density at radius 2 is 2.15 bits per heavy atom. The minimum atomic E-state index is 0.296. The van der Waals surface area contributed by atoms with Gasteiger partial charge in [0.05, 0.1) is 0 Å². The molecule has 0 radical (unpaired) electrons. The lowest BCUT2D eigenvalue weighted by Gasteiger charge is -2.30. The average Bonchev–Trinajstić information content (AvgIpc) is 3.09. The van der Waals surface area contributed by atoms with Crippen molar-refractivity contribution in [3.05, 3.63) is 22.4 Å². The molecule has 0 amide bonds. The SMILES string of the molecule is COCCC(C)(C)CNC(c1cccs1)C1CCCC1. The minimum Gasteiger partial charge on any atom is -0.385 e. The third-order valence-electron chi connectivity index (χ3n) is 4.50. The minimum absolute atomic E-state index is 0.296. The molecule has 1 aliphatic carbocycles. The second kappa shape index (κ2) is 7.58. The van der Waals surface area contributed by atoms with Gasteiger partial charge in [0, 0.05) is 31.2 Å². The number of nitrogens with one attached hydrogen (secondary N) is 1. The summed E-state index contributed by atoms with van der Waals surface area (Å²) in [5.74, 6) is 0.826. The van der Waals surface area contributed by atoms with Gasteiger partial charge in [0.2, 0.25) is 0 Å². The van der Waals surface area contributed by atoms with Crippen LogP contribution < -0.4 is 5.32 Å². The van der Waals surface area contributed by atoms with Crippen LogP contribution in [0.4, 0.5) is 0 Å². The molecule has 0 saturated heterocycles. The van der Waals surface area contributed by atoms with E-state index in [-0.39, 0.29) is 0 Å². The summed E-state index contributed by atoms with van der Waals surface area (Å²) >= 11 is 1.90. The summed E-state index contributed by atoms with van der Waals surface area (Å²) < 4.78 is 5.23. The first-order valence-corrected chi connectivity index (χ1v) is 8.76. The number of rotatable bonds is 8. The van der Waals surface area contributed by atoms with E-state index in [1.54, 1.807) is 7.11 Å². The van der Waals surface area contributed by atoms with Gasteiger partial charge in [-0.1, -0.05) is 32.8 Å². The van der Waals surface area contributed by atoms with Crippen LogP contribution in [0.25, 0.3) is 0 Å². The highest BCUT2D eigenvalue weighted by atomic mass is 32.1. The summed E-state index contributed by atoms with van der Waals surface area (Å²) in [6, 6.07) is 5.03. The van der Waals surface area contributed by atoms with Crippen molar-refractivity contribution in [3.8, 4) is 0 Å². The predicted octanol–water partition coefficient (Wildman–Crippen LogP) is 4.63. The summed E-state index contributed by atoms with van der Waals surface area (Å²) in [4.78, 5) is 1.51. The van der Waals surface area contributed by atoms with E-state index in [9.17, 15) is 0 Å². The Balaban J connectivity index is 1.94. The molecule has 0 aromatic carbocycles.